The summed E-state index contributed by atoms with van der Waals surface area (Å²) in [6, 6.07) is 1.99. The van der Waals surface area contributed by atoms with E-state index in [9.17, 15) is 4.79 Å². The van der Waals surface area contributed by atoms with Gasteiger partial charge < -0.3 is 4.79 Å². The van der Waals surface area contributed by atoms with Gasteiger partial charge in [-0.25, -0.2) is 9.50 Å². The van der Waals surface area contributed by atoms with E-state index in [4.69, 9.17) is 0 Å². The molecule has 17 heavy (non-hydrogen) atoms. The number of carbonyl (C=O) groups is 1. The van der Waals surface area contributed by atoms with Crippen LogP contribution in [0.15, 0.2) is 12.3 Å². The van der Waals surface area contributed by atoms with E-state index in [0.717, 1.165) is 29.6 Å². The second-order valence-electron chi connectivity index (χ2n) is 5.34. The largest absolute Gasteiger partial charge is 0.303 e. The van der Waals surface area contributed by atoms with Crippen LogP contribution in [0.5, 0.6) is 0 Å². The smallest absolute Gasteiger partial charge is 0.155 e. The van der Waals surface area contributed by atoms with E-state index < -0.39 is 0 Å². The van der Waals surface area contributed by atoms with Crippen molar-refractivity contribution in [3.63, 3.8) is 0 Å². The lowest BCUT2D eigenvalue weighted by Gasteiger charge is -2.09. The van der Waals surface area contributed by atoms with Gasteiger partial charge in [0, 0.05) is 29.2 Å². The van der Waals surface area contributed by atoms with Crippen LogP contribution in [0.25, 0.3) is 5.65 Å². The van der Waals surface area contributed by atoms with Gasteiger partial charge in [-0.15, -0.1) is 0 Å². The highest BCUT2D eigenvalue weighted by Crippen LogP contribution is 2.59. The molecule has 0 bridgehead atoms. The standard InChI is InChI=1S/C13H13N3O/c1-8-4-11-14-6-10-9(7-17)5-13(2-3-13)12(10)16(11)15-8/h4,6-7,9H,2-3,5H2,1H3. The molecule has 86 valence electrons. The van der Waals surface area contributed by atoms with Gasteiger partial charge in [0.25, 0.3) is 0 Å². The summed E-state index contributed by atoms with van der Waals surface area (Å²) in [6.45, 7) is 1.98. The van der Waals surface area contributed by atoms with Crippen molar-refractivity contribution in [2.75, 3.05) is 0 Å². The van der Waals surface area contributed by atoms with Gasteiger partial charge in [-0.2, -0.15) is 5.10 Å². The highest BCUT2D eigenvalue weighted by atomic mass is 16.1. The molecule has 1 spiro atoms. The van der Waals surface area contributed by atoms with Crippen LogP contribution in [-0.2, 0) is 10.2 Å². The highest BCUT2D eigenvalue weighted by Gasteiger charge is 2.54. The number of fused-ring (bicyclic) bond motifs is 4. The Hall–Kier alpha value is -1.71. The molecule has 4 nitrogen and oxygen atoms in total. The molecule has 1 atom stereocenters. The molecular weight excluding hydrogens is 214 g/mol. The van der Waals surface area contributed by atoms with Crippen LogP contribution < -0.4 is 0 Å². The van der Waals surface area contributed by atoms with Crippen molar-refractivity contribution in [2.45, 2.75) is 37.5 Å². The van der Waals surface area contributed by atoms with Crippen LogP contribution in [0.4, 0.5) is 0 Å². The molecule has 4 rings (SSSR count). The number of aldehydes is 1. The number of hydrogen-bond acceptors (Lipinski definition) is 3. The Morgan fingerprint density at radius 2 is 2.35 bits per heavy atom. The van der Waals surface area contributed by atoms with Gasteiger partial charge in [0.1, 0.15) is 6.29 Å². The van der Waals surface area contributed by atoms with Crippen LogP contribution in [0.2, 0.25) is 0 Å². The fraction of sp³-hybridized carbons (Fsp3) is 0.462. The average molecular weight is 227 g/mol. The molecule has 1 unspecified atom stereocenters. The summed E-state index contributed by atoms with van der Waals surface area (Å²) in [5.74, 6) is 0.0221. The molecule has 2 aliphatic rings. The van der Waals surface area contributed by atoms with Crippen molar-refractivity contribution in [3.05, 3.63) is 29.2 Å². The first-order chi connectivity index (χ1) is 8.23. The third kappa shape index (κ3) is 1.05. The zero-order valence-electron chi connectivity index (χ0n) is 9.68. The lowest BCUT2D eigenvalue weighted by atomic mass is 10.0. The first-order valence-corrected chi connectivity index (χ1v) is 6.05. The Balaban J connectivity index is 2.09. The summed E-state index contributed by atoms with van der Waals surface area (Å²) < 4.78 is 1.96. The molecule has 0 aromatic carbocycles. The van der Waals surface area contributed by atoms with Crippen molar-refractivity contribution < 1.29 is 4.79 Å². The quantitative estimate of drug-likeness (QED) is 0.697. The maximum Gasteiger partial charge on any atom is 0.155 e. The van der Waals surface area contributed by atoms with Gasteiger partial charge in [0.2, 0.25) is 0 Å². The number of rotatable bonds is 1. The van der Waals surface area contributed by atoms with Gasteiger partial charge >= 0.3 is 0 Å². The Bertz CT molecular complexity index is 639. The highest BCUT2D eigenvalue weighted by molar-refractivity contribution is 5.67. The Morgan fingerprint density at radius 3 is 3.06 bits per heavy atom. The maximum absolute atomic E-state index is 11.2. The fourth-order valence-corrected chi connectivity index (χ4v) is 3.20. The summed E-state index contributed by atoms with van der Waals surface area (Å²) in [4.78, 5) is 15.6. The monoisotopic (exact) mass is 227 g/mol. The molecule has 2 heterocycles. The average Bonchev–Trinajstić information content (AvgIpc) is 2.86. The van der Waals surface area contributed by atoms with Gasteiger partial charge in [-0.1, -0.05) is 0 Å². The van der Waals surface area contributed by atoms with E-state index in [1.807, 2.05) is 23.7 Å². The summed E-state index contributed by atoms with van der Waals surface area (Å²) >= 11 is 0. The summed E-state index contributed by atoms with van der Waals surface area (Å²) in [5, 5.41) is 4.53. The molecule has 0 N–H and O–H groups in total. The molecular formula is C13H13N3O. The third-order valence-corrected chi connectivity index (χ3v) is 4.16. The first-order valence-electron chi connectivity index (χ1n) is 6.05. The van der Waals surface area contributed by atoms with Crippen molar-refractivity contribution in [1.82, 2.24) is 14.6 Å². The van der Waals surface area contributed by atoms with Gasteiger partial charge in [0.15, 0.2) is 5.65 Å². The molecule has 2 aromatic heterocycles. The minimum absolute atomic E-state index is 0.0221. The van der Waals surface area contributed by atoms with E-state index in [1.54, 1.807) is 0 Å². The Morgan fingerprint density at radius 1 is 1.53 bits per heavy atom. The van der Waals surface area contributed by atoms with E-state index in [2.05, 4.69) is 10.1 Å². The zero-order valence-corrected chi connectivity index (χ0v) is 9.68. The molecule has 1 fully saturated rings. The van der Waals surface area contributed by atoms with Crippen LogP contribution in [0, 0.1) is 6.92 Å². The predicted molar refractivity (Wildman–Crippen MR) is 62.1 cm³/mol. The van der Waals surface area contributed by atoms with Crippen molar-refractivity contribution in [1.29, 1.82) is 0 Å². The maximum atomic E-state index is 11.2. The SMILES string of the molecule is Cc1cc2ncc3c(n2n1)C1(CC1)CC3C=O. The van der Waals surface area contributed by atoms with Gasteiger partial charge in [-0.3, -0.25) is 0 Å². The van der Waals surface area contributed by atoms with Crippen LogP contribution >= 0.6 is 0 Å². The summed E-state index contributed by atoms with van der Waals surface area (Å²) in [5.41, 5.74) is 4.44. The number of hydrogen-bond donors (Lipinski definition) is 0. The predicted octanol–water partition coefficient (Wildman–Crippen LogP) is 1.76. The summed E-state index contributed by atoms with van der Waals surface area (Å²) in [6.07, 6.45) is 6.25. The molecule has 0 radical (unpaired) electrons. The zero-order chi connectivity index (χ0) is 11.6. The van der Waals surface area contributed by atoms with E-state index in [1.165, 1.54) is 18.5 Å². The van der Waals surface area contributed by atoms with Crippen LogP contribution in [0.3, 0.4) is 0 Å². The molecule has 1 saturated carbocycles. The van der Waals surface area contributed by atoms with Crippen molar-refractivity contribution >= 4 is 11.9 Å². The second kappa shape index (κ2) is 2.75. The number of aryl methyl sites for hydroxylation is 1. The number of carbonyl (C=O) groups excluding carboxylic acids is 1. The fourth-order valence-electron chi connectivity index (χ4n) is 3.20. The first kappa shape index (κ1) is 9.33. The minimum Gasteiger partial charge on any atom is -0.303 e. The summed E-state index contributed by atoms with van der Waals surface area (Å²) in [7, 11) is 0. The Kier molecular flexibility index (Phi) is 1.51. The Labute approximate surface area is 98.7 Å². The number of nitrogens with zero attached hydrogens (tertiary/aromatic N) is 3. The topological polar surface area (TPSA) is 47.3 Å². The van der Waals surface area contributed by atoms with Gasteiger partial charge in [-0.05, 0) is 26.2 Å². The van der Waals surface area contributed by atoms with Crippen molar-refractivity contribution in [3.8, 4) is 0 Å². The molecule has 0 aliphatic heterocycles. The normalized spacial score (nSPS) is 24.2. The molecule has 0 amide bonds. The van der Waals surface area contributed by atoms with E-state index in [0.29, 0.717) is 0 Å². The molecule has 4 heteroatoms. The third-order valence-electron chi connectivity index (χ3n) is 4.16. The van der Waals surface area contributed by atoms with Crippen LogP contribution in [0.1, 0.15) is 42.1 Å². The molecule has 2 aliphatic carbocycles. The van der Waals surface area contributed by atoms with E-state index >= 15 is 0 Å². The lowest BCUT2D eigenvalue weighted by Crippen LogP contribution is -2.09. The van der Waals surface area contributed by atoms with E-state index in [-0.39, 0.29) is 11.3 Å². The molecule has 2 aromatic rings. The minimum atomic E-state index is 0.0221. The second-order valence-corrected chi connectivity index (χ2v) is 5.34. The molecule has 0 saturated heterocycles. The van der Waals surface area contributed by atoms with Crippen LogP contribution in [-0.4, -0.2) is 20.9 Å². The number of aromatic nitrogens is 3. The lowest BCUT2D eigenvalue weighted by molar-refractivity contribution is -0.109. The van der Waals surface area contributed by atoms with Gasteiger partial charge in [0.05, 0.1) is 11.4 Å². The van der Waals surface area contributed by atoms with Crippen molar-refractivity contribution in [2.24, 2.45) is 0 Å².